The van der Waals surface area contributed by atoms with Crippen molar-refractivity contribution in [3.8, 4) is 0 Å². The minimum absolute atomic E-state index is 0.321. The fourth-order valence-electron chi connectivity index (χ4n) is 3.23. The molecule has 2 atom stereocenters. The van der Waals surface area contributed by atoms with E-state index < -0.39 is 25.0 Å². The monoisotopic (exact) mass is 453 g/mol. The van der Waals surface area contributed by atoms with Gasteiger partial charge in [0.05, 0.1) is 6.61 Å². The predicted molar refractivity (Wildman–Crippen MR) is 129 cm³/mol. The minimum atomic E-state index is -1.49. The summed E-state index contributed by atoms with van der Waals surface area (Å²) in [5.74, 6) is -1.12. The molecule has 2 N–H and O–H groups in total. The van der Waals surface area contributed by atoms with Gasteiger partial charge in [0, 0.05) is 6.54 Å². The number of ether oxygens (including phenoxy) is 1. The first-order valence-corrected chi connectivity index (χ1v) is 11.7. The zero-order valence-corrected chi connectivity index (χ0v) is 18.7. The average molecular weight is 454 g/mol. The zero-order chi connectivity index (χ0) is 22.1. The lowest BCUT2D eigenvalue weighted by atomic mass is 10.0. The number of carboxylic acids is 1. The standard InChI is InChI=1S/C18H15P.C7H10ClNO3/c1-4-10-16(11-5-1)19(17-12-6-2-7-13-17)18-14-8-3-9-15-18;1-2-7(6(10)11)5(8)9-3-4-12-7/h1-15H;2,5,9H,1,3-4H2,(H,10,11). The number of alkyl halides is 1. The van der Waals surface area contributed by atoms with Crippen molar-refractivity contribution in [1.29, 1.82) is 0 Å². The van der Waals surface area contributed by atoms with E-state index in [0.29, 0.717) is 13.2 Å². The van der Waals surface area contributed by atoms with Gasteiger partial charge in [0.1, 0.15) is 5.50 Å². The van der Waals surface area contributed by atoms with E-state index >= 15 is 0 Å². The Hall–Kier alpha value is -2.49. The first-order chi connectivity index (χ1) is 15.1. The second kappa shape index (κ2) is 11.2. The summed E-state index contributed by atoms with van der Waals surface area (Å²) in [5.41, 5.74) is -2.25. The second-order valence-corrected chi connectivity index (χ2v) is 9.47. The average Bonchev–Trinajstić information content (AvgIpc) is 2.82. The molecule has 1 heterocycles. The third-order valence-corrected chi connectivity index (χ3v) is 7.75. The van der Waals surface area contributed by atoms with Crippen LogP contribution in [0.5, 0.6) is 0 Å². The number of rotatable bonds is 5. The molecule has 1 aliphatic heterocycles. The zero-order valence-electron chi connectivity index (χ0n) is 17.0. The predicted octanol–water partition coefficient (Wildman–Crippen LogP) is 3.63. The molecular weight excluding hydrogens is 429 g/mol. The van der Waals surface area contributed by atoms with Gasteiger partial charge in [-0.1, -0.05) is 97.6 Å². The first kappa shape index (κ1) is 23.2. The van der Waals surface area contributed by atoms with Gasteiger partial charge in [-0.3, -0.25) is 5.32 Å². The van der Waals surface area contributed by atoms with E-state index in [1.165, 1.54) is 22.0 Å². The molecule has 0 spiro atoms. The first-order valence-electron chi connectivity index (χ1n) is 9.92. The van der Waals surface area contributed by atoms with Gasteiger partial charge in [0.25, 0.3) is 0 Å². The van der Waals surface area contributed by atoms with E-state index in [0.717, 1.165) is 0 Å². The molecule has 0 radical (unpaired) electrons. The molecule has 0 amide bonds. The van der Waals surface area contributed by atoms with Gasteiger partial charge in [-0.25, -0.2) is 4.79 Å². The number of morpholine rings is 1. The topological polar surface area (TPSA) is 58.6 Å². The van der Waals surface area contributed by atoms with Crippen molar-refractivity contribution in [3.05, 3.63) is 104 Å². The maximum atomic E-state index is 10.8. The van der Waals surface area contributed by atoms with Crippen molar-refractivity contribution in [2.24, 2.45) is 0 Å². The van der Waals surface area contributed by atoms with Crippen molar-refractivity contribution in [3.63, 3.8) is 0 Å². The molecule has 160 valence electrons. The molecule has 1 aliphatic rings. The molecule has 1 fully saturated rings. The molecule has 0 bridgehead atoms. The van der Waals surface area contributed by atoms with Crippen molar-refractivity contribution in [2.75, 3.05) is 13.2 Å². The van der Waals surface area contributed by atoms with Crippen LogP contribution in [0.15, 0.2) is 104 Å². The van der Waals surface area contributed by atoms with Crippen molar-refractivity contribution >= 4 is 41.4 Å². The van der Waals surface area contributed by atoms with Gasteiger partial charge < -0.3 is 9.84 Å². The maximum absolute atomic E-state index is 10.8. The Morgan fingerprint density at radius 2 is 1.39 bits per heavy atom. The van der Waals surface area contributed by atoms with Crippen LogP contribution in [0, 0.1) is 0 Å². The molecule has 31 heavy (non-hydrogen) atoms. The van der Waals surface area contributed by atoms with Crippen LogP contribution in [0.4, 0.5) is 0 Å². The number of nitrogens with one attached hydrogen (secondary N) is 1. The summed E-state index contributed by atoms with van der Waals surface area (Å²) in [6, 6.07) is 32.3. The lowest BCUT2D eigenvalue weighted by Crippen LogP contribution is -2.58. The minimum Gasteiger partial charge on any atom is -0.479 e. The molecule has 0 saturated carbocycles. The highest BCUT2D eigenvalue weighted by Gasteiger charge is 2.46. The molecular formula is C25H25ClNO3P. The van der Waals surface area contributed by atoms with E-state index in [4.69, 9.17) is 21.4 Å². The maximum Gasteiger partial charge on any atom is 0.343 e. The summed E-state index contributed by atoms with van der Waals surface area (Å²) >= 11 is 5.75. The number of benzene rings is 3. The highest BCUT2D eigenvalue weighted by molar-refractivity contribution is 7.79. The molecule has 3 aromatic rings. The summed E-state index contributed by atoms with van der Waals surface area (Å²) < 4.78 is 5.08. The van der Waals surface area contributed by atoms with Crippen molar-refractivity contribution < 1.29 is 14.6 Å². The van der Waals surface area contributed by atoms with Crippen molar-refractivity contribution in [2.45, 2.75) is 11.1 Å². The van der Waals surface area contributed by atoms with Gasteiger partial charge in [0.2, 0.25) is 5.60 Å². The molecule has 4 nitrogen and oxygen atoms in total. The molecule has 2 unspecified atom stereocenters. The van der Waals surface area contributed by atoms with Crippen LogP contribution < -0.4 is 21.2 Å². The Morgan fingerprint density at radius 3 is 1.68 bits per heavy atom. The van der Waals surface area contributed by atoms with Crippen molar-refractivity contribution in [1.82, 2.24) is 5.32 Å². The Morgan fingerprint density at radius 1 is 0.968 bits per heavy atom. The molecule has 4 rings (SSSR count). The summed E-state index contributed by atoms with van der Waals surface area (Å²) in [4.78, 5) is 10.8. The Balaban J connectivity index is 0.000000196. The summed E-state index contributed by atoms with van der Waals surface area (Å²) in [6.45, 7) is 4.27. The van der Waals surface area contributed by atoms with Crippen LogP contribution in [-0.4, -0.2) is 35.3 Å². The molecule has 0 aromatic heterocycles. The van der Waals surface area contributed by atoms with Gasteiger partial charge >= 0.3 is 5.97 Å². The Bertz CT molecular complexity index is 878. The lowest BCUT2D eigenvalue weighted by molar-refractivity contribution is -0.163. The highest BCUT2D eigenvalue weighted by atomic mass is 35.5. The number of carbonyl (C=O) groups is 1. The van der Waals surface area contributed by atoms with E-state index in [9.17, 15) is 4.79 Å². The Kier molecular flexibility index (Phi) is 8.39. The molecule has 0 aliphatic carbocycles. The summed E-state index contributed by atoms with van der Waals surface area (Å²) in [5, 5.41) is 15.8. The smallest absolute Gasteiger partial charge is 0.343 e. The quantitative estimate of drug-likeness (QED) is 0.268. The van der Waals surface area contributed by atoms with Crippen LogP contribution in [0.25, 0.3) is 0 Å². The molecule has 6 heteroatoms. The number of aliphatic carboxylic acids is 1. The number of carboxylic acid groups (broad SMARTS) is 1. The van der Waals surface area contributed by atoms with Crippen LogP contribution >= 0.6 is 19.5 Å². The van der Waals surface area contributed by atoms with Gasteiger partial charge in [-0.05, 0) is 29.9 Å². The largest absolute Gasteiger partial charge is 0.479 e. The fraction of sp³-hybridized carbons (Fsp3) is 0.160. The third kappa shape index (κ3) is 5.61. The van der Waals surface area contributed by atoms with Crippen LogP contribution in [0.2, 0.25) is 0 Å². The van der Waals surface area contributed by atoms with E-state index in [1.54, 1.807) is 0 Å². The lowest BCUT2D eigenvalue weighted by Gasteiger charge is -2.35. The van der Waals surface area contributed by atoms with E-state index in [2.05, 4.69) is 103 Å². The van der Waals surface area contributed by atoms with Gasteiger partial charge in [-0.15, -0.1) is 11.6 Å². The molecule has 3 aromatic carbocycles. The van der Waals surface area contributed by atoms with Crippen LogP contribution in [0.1, 0.15) is 0 Å². The normalized spacial score (nSPS) is 20.4. The van der Waals surface area contributed by atoms with Gasteiger partial charge in [0.15, 0.2) is 0 Å². The Labute approximate surface area is 189 Å². The fourth-order valence-corrected chi connectivity index (χ4v) is 5.89. The second-order valence-electron chi connectivity index (χ2n) is 6.81. The third-order valence-electron chi connectivity index (χ3n) is 4.82. The van der Waals surface area contributed by atoms with E-state index in [1.807, 2.05) is 0 Å². The van der Waals surface area contributed by atoms with Gasteiger partial charge in [-0.2, -0.15) is 0 Å². The van der Waals surface area contributed by atoms with Crippen LogP contribution in [-0.2, 0) is 9.53 Å². The summed E-state index contributed by atoms with van der Waals surface area (Å²) in [6.07, 6.45) is 1.21. The highest BCUT2D eigenvalue weighted by Crippen LogP contribution is 2.32. The molecule has 1 saturated heterocycles. The van der Waals surface area contributed by atoms with E-state index in [-0.39, 0.29) is 0 Å². The number of halogens is 1. The van der Waals surface area contributed by atoms with Crippen LogP contribution in [0.3, 0.4) is 0 Å². The number of hydrogen-bond acceptors (Lipinski definition) is 3. The SMILES string of the molecule is C=CC1(C(=O)O)OCCNC1Cl.c1ccc(P(c2ccccc2)c2ccccc2)cc1. The number of hydrogen-bond donors (Lipinski definition) is 2. The summed E-state index contributed by atoms with van der Waals surface area (Å²) in [7, 11) is -0.446.